The summed E-state index contributed by atoms with van der Waals surface area (Å²) in [5, 5.41) is 10.9. The van der Waals surface area contributed by atoms with Crippen LogP contribution in [-0.4, -0.2) is 24.4 Å². The van der Waals surface area contributed by atoms with Gasteiger partial charge < -0.3 is 5.32 Å². The van der Waals surface area contributed by atoms with Gasteiger partial charge in [-0.2, -0.15) is 0 Å². The number of nitrogens with one attached hydrogen (secondary N) is 2. The van der Waals surface area contributed by atoms with Crippen molar-refractivity contribution >= 4 is 21.7 Å². The smallest absolute Gasteiger partial charge is 0.233 e. The fourth-order valence-corrected chi connectivity index (χ4v) is 2.82. The molecule has 0 fully saturated rings. The lowest BCUT2D eigenvalue weighted by atomic mass is 10.2. The third-order valence-corrected chi connectivity index (χ3v) is 4.18. The maximum Gasteiger partial charge on any atom is 0.233 e. The van der Waals surface area contributed by atoms with E-state index in [1.54, 1.807) is 12.1 Å². The third kappa shape index (κ3) is 5.03. The first kappa shape index (κ1) is 15.2. The van der Waals surface area contributed by atoms with Crippen LogP contribution < -0.4 is 10.0 Å². The van der Waals surface area contributed by atoms with Gasteiger partial charge in [-0.25, -0.2) is 8.42 Å². The van der Waals surface area contributed by atoms with Crippen molar-refractivity contribution in [3.05, 3.63) is 48.0 Å². The molecule has 1 aromatic carbocycles. The van der Waals surface area contributed by atoms with Gasteiger partial charge in [-0.1, -0.05) is 37.3 Å². The highest BCUT2D eigenvalue weighted by atomic mass is 32.2. The van der Waals surface area contributed by atoms with Crippen LogP contribution in [-0.2, 0) is 16.6 Å². The van der Waals surface area contributed by atoms with Crippen molar-refractivity contribution in [1.29, 1.82) is 0 Å². The molecule has 6 nitrogen and oxygen atoms in total. The molecule has 1 aromatic heterocycles. The Morgan fingerprint density at radius 1 is 1.00 bits per heavy atom. The van der Waals surface area contributed by atoms with E-state index in [9.17, 15) is 8.42 Å². The topological polar surface area (TPSA) is 84.0 Å². The van der Waals surface area contributed by atoms with Crippen molar-refractivity contribution in [1.82, 2.24) is 10.2 Å². The van der Waals surface area contributed by atoms with E-state index in [4.69, 9.17) is 0 Å². The van der Waals surface area contributed by atoms with Gasteiger partial charge in [-0.05, 0) is 24.1 Å². The molecule has 0 bridgehead atoms. The third-order valence-electron chi connectivity index (χ3n) is 2.71. The Hall–Kier alpha value is -2.15. The summed E-state index contributed by atoms with van der Waals surface area (Å²) in [6.07, 6.45) is 0.555. The minimum Gasteiger partial charge on any atom is -0.365 e. The Morgan fingerprint density at radius 2 is 1.67 bits per heavy atom. The Morgan fingerprint density at radius 3 is 2.29 bits per heavy atom. The summed E-state index contributed by atoms with van der Waals surface area (Å²) in [6.45, 7) is 2.44. The zero-order chi connectivity index (χ0) is 15.1. The molecule has 0 saturated carbocycles. The summed E-state index contributed by atoms with van der Waals surface area (Å²) in [7, 11) is -3.33. The van der Waals surface area contributed by atoms with Crippen LogP contribution in [0.2, 0.25) is 0 Å². The average Bonchev–Trinajstić information content (AvgIpc) is 2.47. The van der Waals surface area contributed by atoms with E-state index >= 15 is 0 Å². The van der Waals surface area contributed by atoms with Gasteiger partial charge in [0.25, 0.3) is 0 Å². The van der Waals surface area contributed by atoms with E-state index in [1.807, 2.05) is 37.3 Å². The van der Waals surface area contributed by atoms with E-state index in [1.165, 1.54) is 0 Å². The molecule has 0 atom stereocenters. The molecule has 21 heavy (non-hydrogen) atoms. The molecule has 0 unspecified atom stereocenters. The van der Waals surface area contributed by atoms with E-state index in [0.717, 1.165) is 5.56 Å². The molecule has 0 radical (unpaired) electrons. The molecule has 0 saturated heterocycles. The van der Waals surface area contributed by atoms with Gasteiger partial charge in [-0.3, -0.25) is 4.72 Å². The van der Waals surface area contributed by atoms with E-state index < -0.39 is 10.0 Å². The quantitative estimate of drug-likeness (QED) is 0.819. The second-order valence-corrected chi connectivity index (χ2v) is 6.41. The van der Waals surface area contributed by atoms with Gasteiger partial charge in [0.05, 0.1) is 5.75 Å². The van der Waals surface area contributed by atoms with Gasteiger partial charge in [-0.15, -0.1) is 10.2 Å². The molecule has 2 rings (SSSR count). The standard InChI is InChI=1S/C14H18N4O2S/c1-2-10-21(19,20)18-14-9-8-13(16-17-14)15-11-12-6-4-3-5-7-12/h3-9H,2,10-11H2,1H3,(H,15,16)(H,17,18). The first-order valence-corrected chi connectivity index (χ1v) is 8.36. The fraction of sp³-hybridized carbons (Fsp3) is 0.286. The summed E-state index contributed by atoms with van der Waals surface area (Å²) in [5.74, 6) is 0.897. The van der Waals surface area contributed by atoms with Crippen molar-refractivity contribution < 1.29 is 8.42 Å². The van der Waals surface area contributed by atoms with Gasteiger partial charge >= 0.3 is 0 Å². The highest BCUT2D eigenvalue weighted by Crippen LogP contribution is 2.10. The number of benzene rings is 1. The molecular weight excluding hydrogens is 288 g/mol. The van der Waals surface area contributed by atoms with Gasteiger partial charge in [0.1, 0.15) is 5.82 Å². The van der Waals surface area contributed by atoms with E-state index in [-0.39, 0.29) is 11.6 Å². The van der Waals surface area contributed by atoms with Crippen molar-refractivity contribution in [2.75, 3.05) is 15.8 Å². The molecule has 0 aliphatic carbocycles. The zero-order valence-electron chi connectivity index (χ0n) is 11.8. The largest absolute Gasteiger partial charge is 0.365 e. The molecule has 0 aliphatic rings. The number of sulfonamides is 1. The van der Waals surface area contributed by atoms with E-state index in [0.29, 0.717) is 18.8 Å². The Bertz CT molecular complexity index is 657. The summed E-state index contributed by atoms with van der Waals surface area (Å²) >= 11 is 0. The lowest BCUT2D eigenvalue weighted by Gasteiger charge is -2.07. The van der Waals surface area contributed by atoms with Crippen LogP contribution in [0.15, 0.2) is 42.5 Å². The molecule has 2 aromatic rings. The zero-order valence-corrected chi connectivity index (χ0v) is 12.6. The number of anilines is 2. The van der Waals surface area contributed by atoms with Gasteiger partial charge in [0, 0.05) is 6.54 Å². The summed E-state index contributed by atoms with van der Waals surface area (Å²) < 4.78 is 25.6. The monoisotopic (exact) mass is 306 g/mol. The Balaban J connectivity index is 1.93. The van der Waals surface area contributed by atoms with Crippen molar-refractivity contribution in [2.24, 2.45) is 0 Å². The number of nitrogens with zero attached hydrogens (tertiary/aromatic N) is 2. The van der Waals surface area contributed by atoms with Crippen molar-refractivity contribution in [3.63, 3.8) is 0 Å². The van der Waals surface area contributed by atoms with Gasteiger partial charge in [0.15, 0.2) is 5.82 Å². The molecule has 0 amide bonds. The second kappa shape index (κ2) is 7.03. The first-order valence-electron chi connectivity index (χ1n) is 6.71. The van der Waals surface area contributed by atoms with E-state index in [2.05, 4.69) is 20.2 Å². The number of hydrogen-bond donors (Lipinski definition) is 2. The maximum atomic E-state index is 11.6. The molecule has 0 spiro atoms. The highest BCUT2D eigenvalue weighted by Gasteiger charge is 2.09. The SMILES string of the molecule is CCCS(=O)(=O)Nc1ccc(NCc2ccccc2)nn1. The van der Waals surface area contributed by atoms with Crippen LogP contribution in [0.4, 0.5) is 11.6 Å². The van der Waals surface area contributed by atoms with Crippen LogP contribution >= 0.6 is 0 Å². The predicted octanol–water partition coefficient (Wildman–Crippen LogP) is 2.24. The summed E-state index contributed by atoms with van der Waals surface area (Å²) in [6, 6.07) is 13.2. The van der Waals surface area contributed by atoms with Gasteiger partial charge in [0.2, 0.25) is 10.0 Å². The van der Waals surface area contributed by atoms with Crippen LogP contribution in [0.25, 0.3) is 0 Å². The predicted molar refractivity (Wildman–Crippen MR) is 83.5 cm³/mol. The normalized spacial score (nSPS) is 11.1. The molecule has 112 valence electrons. The highest BCUT2D eigenvalue weighted by molar-refractivity contribution is 7.92. The fourth-order valence-electron chi connectivity index (χ4n) is 1.75. The summed E-state index contributed by atoms with van der Waals surface area (Å²) in [4.78, 5) is 0. The van der Waals surface area contributed by atoms with Crippen molar-refractivity contribution in [2.45, 2.75) is 19.9 Å². The minimum atomic E-state index is -3.33. The molecule has 2 N–H and O–H groups in total. The summed E-state index contributed by atoms with van der Waals surface area (Å²) in [5.41, 5.74) is 1.13. The minimum absolute atomic E-state index is 0.0721. The Kier molecular flexibility index (Phi) is 5.10. The molecule has 1 heterocycles. The Labute approximate surface area is 124 Å². The molecular formula is C14H18N4O2S. The lowest BCUT2D eigenvalue weighted by molar-refractivity contribution is 0.599. The lowest BCUT2D eigenvalue weighted by Crippen LogP contribution is -2.17. The van der Waals surface area contributed by atoms with Crippen LogP contribution in [0.1, 0.15) is 18.9 Å². The number of rotatable bonds is 7. The molecule has 0 aliphatic heterocycles. The number of aromatic nitrogens is 2. The molecule has 7 heteroatoms. The first-order chi connectivity index (χ1) is 10.1. The van der Waals surface area contributed by atoms with Crippen LogP contribution in [0.3, 0.4) is 0 Å². The van der Waals surface area contributed by atoms with Crippen molar-refractivity contribution in [3.8, 4) is 0 Å². The van der Waals surface area contributed by atoms with Crippen LogP contribution in [0.5, 0.6) is 0 Å². The van der Waals surface area contributed by atoms with Crippen LogP contribution in [0, 0.1) is 0 Å². The second-order valence-electron chi connectivity index (χ2n) is 4.56. The average molecular weight is 306 g/mol. The maximum absolute atomic E-state index is 11.6. The number of hydrogen-bond acceptors (Lipinski definition) is 5.